The Morgan fingerprint density at radius 1 is 1.50 bits per heavy atom. The van der Waals surface area contributed by atoms with E-state index in [1.165, 1.54) is 12.8 Å². The van der Waals surface area contributed by atoms with Crippen molar-refractivity contribution in [3.63, 3.8) is 0 Å². The predicted molar refractivity (Wildman–Crippen MR) is 50.5 cm³/mol. The van der Waals surface area contributed by atoms with E-state index in [-0.39, 0.29) is 0 Å². The molecule has 0 amide bonds. The molecule has 1 aliphatic heterocycles. The highest BCUT2D eigenvalue weighted by molar-refractivity contribution is 7.13. The van der Waals surface area contributed by atoms with Crippen LogP contribution in [0, 0.1) is 5.92 Å². The van der Waals surface area contributed by atoms with Crippen LogP contribution in [0.1, 0.15) is 19.8 Å². The van der Waals surface area contributed by atoms with Gasteiger partial charge in [0.05, 0.1) is 0 Å². The van der Waals surface area contributed by atoms with E-state index in [1.807, 2.05) is 0 Å². The van der Waals surface area contributed by atoms with Gasteiger partial charge in [-0.15, -0.1) is 10.2 Å². The predicted octanol–water partition coefficient (Wildman–Crippen LogP) is 1.77. The lowest BCUT2D eigenvalue weighted by molar-refractivity contribution is 0.437. The van der Waals surface area contributed by atoms with Crippen molar-refractivity contribution in [3.8, 4) is 0 Å². The normalized spacial score (nSPS) is 19.9. The summed E-state index contributed by atoms with van der Waals surface area (Å²) < 4.78 is 0. The minimum atomic E-state index is 0.883. The van der Waals surface area contributed by atoms with Gasteiger partial charge in [-0.05, 0) is 18.8 Å². The summed E-state index contributed by atoms with van der Waals surface area (Å²) in [4.78, 5) is 2.33. The number of aromatic nitrogens is 2. The summed E-state index contributed by atoms with van der Waals surface area (Å²) in [6.45, 7) is 4.62. The molecule has 12 heavy (non-hydrogen) atoms. The highest BCUT2D eigenvalue weighted by atomic mass is 32.1. The van der Waals surface area contributed by atoms with Crippen molar-refractivity contribution in [1.82, 2.24) is 10.2 Å². The monoisotopic (exact) mass is 183 g/mol. The first-order valence-electron chi connectivity index (χ1n) is 4.37. The number of rotatable bonds is 1. The lowest BCUT2D eigenvalue weighted by Gasteiger charge is -2.29. The quantitative estimate of drug-likeness (QED) is 0.664. The molecule has 4 heteroatoms. The molecule has 0 N–H and O–H groups in total. The molecule has 0 aliphatic carbocycles. The zero-order valence-electron chi connectivity index (χ0n) is 7.23. The second-order valence-corrected chi connectivity index (χ2v) is 4.20. The van der Waals surface area contributed by atoms with Gasteiger partial charge in [-0.25, -0.2) is 0 Å². The maximum atomic E-state index is 4.06. The van der Waals surface area contributed by atoms with Gasteiger partial charge in [-0.1, -0.05) is 18.3 Å². The minimum absolute atomic E-state index is 0.883. The molecule has 0 unspecified atom stereocenters. The lowest BCUT2D eigenvalue weighted by Crippen LogP contribution is -2.32. The molecule has 0 aromatic carbocycles. The molecule has 0 radical (unpaired) electrons. The smallest absolute Gasteiger partial charge is 0.208 e. The SMILES string of the molecule is CC1CCN(c2nncs2)CC1. The second kappa shape index (κ2) is 3.39. The molecule has 1 aromatic heterocycles. The van der Waals surface area contributed by atoms with Gasteiger partial charge in [0, 0.05) is 13.1 Å². The van der Waals surface area contributed by atoms with Crippen molar-refractivity contribution in [3.05, 3.63) is 5.51 Å². The number of hydrogen-bond donors (Lipinski definition) is 0. The van der Waals surface area contributed by atoms with E-state index >= 15 is 0 Å². The van der Waals surface area contributed by atoms with Crippen LogP contribution >= 0.6 is 11.3 Å². The van der Waals surface area contributed by atoms with E-state index < -0.39 is 0 Å². The standard InChI is InChI=1S/C8H13N3S/c1-7-2-4-11(5-3-7)8-10-9-6-12-8/h6-7H,2-5H2,1H3. The molecule has 2 heterocycles. The number of piperidine rings is 1. The Labute approximate surface area is 76.4 Å². The molecule has 2 rings (SSSR count). The Morgan fingerprint density at radius 2 is 2.25 bits per heavy atom. The van der Waals surface area contributed by atoms with Crippen LogP contribution < -0.4 is 4.90 Å². The minimum Gasteiger partial charge on any atom is -0.347 e. The zero-order valence-corrected chi connectivity index (χ0v) is 8.05. The van der Waals surface area contributed by atoms with Gasteiger partial charge < -0.3 is 4.90 Å². The van der Waals surface area contributed by atoms with Crippen LogP contribution in [0.2, 0.25) is 0 Å². The first-order chi connectivity index (χ1) is 5.86. The van der Waals surface area contributed by atoms with Crippen LogP contribution in [0.4, 0.5) is 5.13 Å². The summed E-state index contributed by atoms with van der Waals surface area (Å²) >= 11 is 1.63. The summed E-state index contributed by atoms with van der Waals surface area (Å²) in [6.07, 6.45) is 2.58. The summed E-state index contributed by atoms with van der Waals surface area (Å²) in [5.41, 5.74) is 1.80. The van der Waals surface area contributed by atoms with Crippen LogP contribution in [-0.4, -0.2) is 23.3 Å². The van der Waals surface area contributed by atoms with Crippen LogP contribution in [0.5, 0.6) is 0 Å². The third-order valence-corrected chi connectivity index (χ3v) is 3.15. The van der Waals surface area contributed by atoms with Gasteiger partial charge in [-0.3, -0.25) is 0 Å². The van der Waals surface area contributed by atoms with Crippen molar-refractivity contribution in [2.75, 3.05) is 18.0 Å². The highest BCUT2D eigenvalue weighted by Gasteiger charge is 2.17. The van der Waals surface area contributed by atoms with Gasteiger partial charge in [0.15, 0.2) is 0 Å². The Hall–Kier alpha value is -0.640. The maximum absolute atomic E-state index is 4.06. The van der Waals surface area contributed by atoms with Crippen molar-refractivity contribution in [1.29, 1.82) is 0 Å². The molecule has 3 nitrogen and oxygen atoms in total. The van der Waals surface area contributed by atoms with E-state index in [9.17, 15) is 0 Å². The van der Waals surface area contributed by atoms with Crippen LogP contribution in [0.3, 0.4) is 0 Å². The van der Waals surface area contributed by atoms with E-state index in [2.05, 4.69) is 22.0 Å². The van der Waals surface area contributed by atoms with Crippen molar-refractivity contribution >= 4 is 16.5 Å². The molecule has 66 valence electrons. The Bertz CT molecular complexity index is 226. The van der Waals surface area contributed by atoms with Crippen LogP contribution in [0.15, 0.2) is 5.51 Å². The lowest BCUT2D eigenvalue weighted by atomic mass is 10.00. The molecule has 1 fully saturated rings. The van der Waals surface area contributed by atoms with Crippen LogP contribution in [0.25, 0.3) is 0 Å². The fraction of sp³-hybridized carbons (Fsp3) is 0.750. The van der Waals surface area contributed by atoms with E-state index in [4.69, 9.17) is 0 Å². The fourth-order valence-electron chi connectivity index (χ4n) is 1.50. The van der Waals surface area contributed by atoms with Crippen molar-refractivity contribution in [2.24, 2.45) is 5.92 Å². The Balaban J connectivity index is 1.99. The highest BCUT2D eigenvalue weighted by Crippen LogP contribution is 2.23. The molecular weight excluding hydrogens is 170 g/mol. The third-order valence-electron chi connectivity index (χ3n) is 2.40. The summed E-state index contributed by atoms with van der Waals surface area (Å²) in [5.74, 6) is 0.883. The number of nitrogens with zero attached hydrogens (tertiary/aromatic N) is 3. The molecule has 1 aliphatic rings. The molecule has 1 aromatic rings. The fourth-order valence-corrected chi connectivity index (χ4v) is 2.12. The van der Waals surface area contributed by atoms with Gasteiger partial charge in [0.1, 0.15) is 5.51 Å². The number of anilines is 1. The van der Waals surface area contributed by atoms with Crippen molar-refractivity contribution in [2.45, 2.75) is 19.8 Å². The summed E-state index contributed by atoms with van der Waals surface area (Å²) in [6, 6.07) is 0. The van der Waals surface area contributed by atoms with Crippen LogP contribution in [-0.2, 0) is 0 Å². The Kier molecular flexibility index (Phi) is 2.26. The van der Waals surface area contributed by atoms with Gasteiger partial charge in [0.2, 0.25) is 5.13 Å². The summed E-state index contributed by atoms with van der Waals surface area (Å²) in [5, 5.41) is 8.99. The maximum Gasteiger partial charge on any atom is 0.208 e. The summed E-state index contributed by atoms with van der Waals surface area (Å²) in [7, 11) is 0. The van der Waals surface area contributed by atoms with Crippen molar-refractivity contribution < 1.29 is 0 Å². The molecule has 0 spiro atoms. The topological polar surface area (TPSA) is 29.0 Å². The zero-order chi connectivity index (χ0) is 8.39. The average Bonchev–Trinajstić information content (AvgIpc) is 2.58. The third kappa shape index (κ3) is 1.58. The van der Waals surface area contributed by atoms with Gasteiger partial charge in [-0.2, -0.15) is 0 Å². The second-order valence-electron chi connectivity index (χ2n) is 3.39. The first kappa shape index (κ1) is 7.98. The molecular formula is C8H13N3S. The van der Waals surface area contributed by atoms with E-state index in [1.54, 1.807) is 16.8 Å². The Morgan fingerprint density at radius 3 is 2.83 bits per heavy atom. The first-order valence-corrected chi connectivity index (χ1v) is 5.25. The molecule has 0 bridgehead atoms. The molecule has 0 saturated carbocycles. The van der Waals surface area contributed by atoms with E-state index in [0.29, 0.717) is 0 Å². The van der Waals surface area contributed by atoms with E-state index in [0.717, 1.165) is 24.1 Å². The van der Waals surface area contributed by atoms with Gasteiger partial charge in [0.25, 0.3) is 0 Å². The molecule has 0 atom stereocenters. The number of hydrogen-bond acceptors (Lipinski definition) is 4. The largest absolute Gasteiger partial charge is 0.347 e. The van der Waals surface area contributed by atoms with Gasteiger partial charge >= 0.3 is 0 Å². The molecule has 1 saturated heterocycles. The average molecular weight is 183 g/mol.